The van der Waals surface area contributed by atoms with Gasteiger partial charge in [0.25, 0.3) is 0 Å². The second-order valence-corrected chi connectivity index (χ2v) is 6.65. The standard InChI is InChI=1S/C13H17NO2S/c1-9(2)13(8-14)17(15,16)12-6-5-10(3)11(4)7-12/h5-7,9,13H,1-4H3. The van der Waals surface area contributed by atoms with Gasteiger partial charge in [-0.15, -0.1) is 0 Å². The van der Waals surface area contributed by atoms with Gasteiger partial charge in [0.2, 0.25) is 0 Å². The molecular formula is C13H17NO2S. The highest BCUT2D eigenvalue weighted by atomic mass is 32.2. The minimum absolute atomic E-state index is 0.216. The maximum atomic E-state index is 12.2. The highest BCUT2D eigenvalue weighted by Gasteiger charge is 2.30. The largest absolute Gasteiger partial charge is 0.222 e. The lowest BCUT2D eigenvalue weighted by atomic mass is 10.1. The minimum atomic E-state index is -3.55. The first kappa shape index (κ1) is 13.7. The third kappa shape index (κ3) is 2.67. The monoisotopic (exact) mass is 251 g/mol. The van der Waals surface area contributed by atoms with Gasteiger partial charge in [-0.1, -0.05) is 19.9 Å². The van der Waals surface area contributed by atoms with Gasteiger partial charge in [0.05, 0.1) is 11.0 Å². The Hall–Kier alpha value is -1.34. The zero-order valence-electron chi connectivity index (χ0n) is 10.6. The summed E-state index contributed by atoms with van der Waals surface area (Å²) in [5.74, 6) is -0.216. The molecule has 0 aromatic heterocycles. The summed E-state index contributed by atoms with van der Waals surface area (Å²) in [5.41, 5.74) is 1.97. The smallest absolute Gasteiger partial charge is 0.194 e. The molecule has 1 aromatic rings. The summed E-state index contributed by atoms with van der Waals surface area (Å²) in [7, 11) is -3.55. The third-order valence-electron chi connectivity index (χ3n) is 2.87. The van der Waals surface area contributed by atoms with E-state index < -0.39 is 15.1 Å². The van der Waals surface area contributed by atoms with Crippen LogP contribution in [0.2, 0.25) is 0 Å². The summed E-state index contributed by atoms with van der Waals surface area (Å²) in [6, 6.07) is 6.87. The zero-order valence-corrected chi connectivity index (χ0v) is 11.4. The highest BCUT2D eigenvalue weighted by Crippen LogP contribution is 2.23. The fourth-order valence-corrected chi connectivity index (χ4v) is 3.36. The molecule has 17 heavy (non-hydrogen) atoms. The van der Waals surface area contributed by atoms with Gasteiger partial charge < -0.3 is 0 Å². The van der Waals surface area contributed by atoms with Crippen molar-refractivity contribution in [2.24, 2.45) is 5.92 Å². The van der Waals surface area contributed by atoms with Crippen LogP contribution in [0.15, 0.2) is 23.1 Å². The molecule has 0 heterocycles. The van der Waals surface area contributed by atoms with Crippen LogP contribution >= 0.6 is 0 Å². The maximum absolute atomic E-state index is 12.2. The molecule has 0 N–H and O–H groups in total. The Morgan fingerprint density at radius 2 is 1.76 bits per heavy atom. The van der Waals surface area contributed by atoms with Crippen LogP contribution in [-0.2, 0) is 9.84 Å². The molecule has 92 valence electrons. The zero-order chi connectivity index (χ0) is 13.2. The van der Waals surface area contributed by atoms with Gasteiger partial charge in [0.15, 0.2) is 15.1 Å². The Kier molecular flexibility index (Phi) is 3.94. The van der Waals surface area contributed by atoms with Crippen LogP contribution in [0.3, 0.4) is 0 Å². The van der Waals surface area contributed by atoms with Crippen molar-refractivity contribution in [1.82, 2.24) is 0 Å². The second kappa shape index (κ2) is 4.89. The van der Waals surface area contributed by atoms with Crippen LogP contribution < -0.4 is 0 Å². The van der Waals surface area contributed by atoms with E-state index in [-0.39, 0.29) is 10.8 Å². The van der Waals surface area contributed by atoms with E-state index in [0.717, 1.165) is 11.1 Å². The molecule has 0 aliphatic rings. The molecule has 0 bridgehead atoms. The number of benzene rings is 1. The first-order valence-electron chi connectivity index (χ1n) is 5.51. The van der Waals surface area contributed by atoms with E-state index in [1.54, 1.807) is 32.0 Å². The van der Waals surface area contributed by atoms with Crippen LogP contribution in [0, 0.1) is 31.1 Å². The maximum Gasteiger partial charge on any atom is 0.194 e. The Morgan fingerprint density at radius 3 is 2.18 bits per heavy atom. The van der Waals surface area contributed by atoms with Gasteiger partial charge in [-0.05, 0) is 43.0 Å². The summed E-state index contributed by atoms with van der Waals surface area (Å²) in [6.45, 7) is 7.28. The lowest BCUT2D eigenvalue weighted by molar-refractivity contribution is 0.563. The SMILES string of the molecule is Cc1ccc(S(=O)(=O)C(C#N)C(C)C)cc1C. The molecule has 0 saturated carbocycles. The molecule has 1 rings (SSSR count). The molecule has 0 radical (unpaired) electrons. The molecule has 4 heteroatoms. The van der Waals surface area contributed by atoms with Crippen LogP contribution in [-0.4, -0.2) is 13.7 Å². The van der Waals surface area contributed by atoms with E-state index in [4.69, 9.17) is 5.26 Å². The van der Waals surface area contributed by atoms with Crippen LogP contribution in [0.1, 0.15) is 25.0 Å². The summed E-state index contributed by atoms with van der Waals surface area (Å²) in [4.78, 5) is 0.237. The fraction of sp³-hybridized carbons (Fsp3) is 0.462. The summed E-state index contributed by atoms with van der Waals surface area (Å²) < 4.78 is 24.5. The van der Waals surface area contributed by atoms with Gasteiger partial charge >= 0.3 is 0 Å². The first-order valence-corrected chi connectivity index (χ1v) is 7.06. The van der Waals surface area contributed by atoms with E-state index in [1.165, 1.54) is 0 Å². The van der Waals surface area contributed by atoms with Crippen molar-refractivity contribution < 1.29 is 8.42 Å². The first-order chi connectivity index (χ1) is 7.80. The molecule has 0 aliphatic heterocycles. The average molecular weight is 251 g/mol. The highest BCUT2D eigenvalue weighted by molar-refractivity contribution is 7.92. The quantitative estimate of drug-likeness (QED) is 0.829. The van der Waals surface area contributed by atoms with Crippen molar-refractivity contribution in [3.63, 3.8) is 0 Å². The molecule has 0 spiro atoms. The van der Waals surface area contributed by atoms with Gasteiger partial charge in [-0.3, -0.25) is 0 Å². The van der Waals surface area contributed by atoms with Crippen molar-refractivity contribution >= 4 is 9.84 Å². The number of nitriles is 1. The summed E-state index contributed by atoms with van der Waals surface area (Å²) >= 11 is 0. The van der Waals surface area contributed by atoms with Crippen molar-refractivity contribution in [3.8, 4) is 6.07 Å². The lowest BCUT2D eigenvalue weighted by Crippen LogP contribution is -2.25. The molecule has 0 aliphatic carbocycles. The van der Waals surface area contributed by atoms with Crippen molar-refractivity contribution in [2.75, 3.05) is 0 Å². The topological polar surface area (TPSA) is 57.9 Å². The molecule has 0 saturated heterocycles. The van der Waals surface area contributed by atoms with Gasteiger partial charge in [-0.2, -0.15) is 5.26 Å². The fourth-order valence-electron chi connectivity index (χ4n) is 1.61. The molecule has 1 aromatic carbocycles. The molecule has 1 unspecified atom stereocenters. The Morgan fingerprint density at radius 1 is 1.18 bits per heavy atom. The van der Waals surface area contributed by atoms with Crippen molar-refractivity contribution in [1.29, 1.82) is 5.26 Å². The van der Waals surface area contributed by atoms with Gasteiger partial charge in [0.1, 0.15) is 0 Å². The number of sulfone groups is 1. The minimum Gasteiger partial charge on any atom is -0.222 e. The molecule has 0 fully saturated rings. The average Bonchev–Trinajstić information content (AvgIpc) is 2.21. The molecule has 1 atom stereocenters. The van der Waals surface area contributed by atoms with E-state index >= 15 is 0 Å². The van der Waals surface area contributed by atoms with E-state index in [2.05, 4.69) is 0 Å². The second-order valence-electron chi connectivity index (χ2n) is 4.58. The molecular weight excluding hydrogens is 234 g/mol. The third-order valence-corrected chi connectivity index (χ3v) is 5.10. The predicted octanol–water partition coefficient (Wildman–Crippen LogP) is 2.63. The number of rotatable bonds is 3. The molecule has 3 nitrogen and oxygen atoms in total. The Bertz CT molecular complexity index is 553. The molecule has 0 amide bonds. The predicted molar refractivity (Wildman–Crippen MR) is 67.3 cm³/mol. The van der Waals surface area contributed by atoms with Crippen LogP contribution in [0.5, 0.6) is 0 Å². The number of aryl methyl sites for hydroxylation is 2. The number of hydrogen-bond acceptors (Lipinski definition) is 3. The summed E-state index contributed by atoms with van der Waals surface area (Å²) in [5, 5.41) is 8.01. The normalized spacial score (nSPS) is 13.4. The van der Waals surface area contributed by atoms with Crippen molar-refractivity contribution in [2.45, 2.75) is 37.8 Å². The lowest BCUT2D eigenvalue weighted by Gasteiger charge is -2.14. The number of hydrogen-bond donors (Lipinski definition) is 0. The van der Waals surface area contributed by atoms with E-state index in [9.17, 15) is 8.42 Å². The number of nitrogens with zero attached hydrogens (tertiary/aromatic N) is 1. The summed E-state index contributed by atoms with van der Waals surface area (Å²) in [6.07, 6.45) is 0. The van der Waals surface area contributed by atoms with Gasteiger partial charge in [0, 0.05) is 0 Å². The van der Waals surface area contributed by atoms with E-state index in [1.807, 2.05) is 19.9 Å². The van der Waals surface area contributed by atoms with Crippen molar-refractivity contribution in [3.05, 3.63) is 29.3 Å². The Labute approximate surface area is 103 Å². The van der Waals surface area contributed by atoms with Gasteiger partial charge in [-0.25, -0.2) is 8.42 Å². The van der Waals surface area contributed by atoms with Crippen LogP contribution in [0.4, 0.5) is 0 Å². The van der Waals surface area contributed by atoms with Crippen LogP contribution in [0.25, 0.3) is 0 Å². The Balaban J connectivity index is 3.32. The van der Waals surface area contributed by atoms with E-state index in [0.29, 0.717) is 0 Å².